The van der Waals surface area contributed by atoms with Crippen LogP contribution in [0.1, 0.15) is 170 Å². The van der Waals surface area contributed by atoms with Crippen molar-refractivity contribution in [3.63, 3.8) is 0 Å². The Morgan fingerprint density at radius 2 is 0.491 bits per heavy atom. The topological polar surface area (TPSA) is 19.4 Å². The van der Waals surface area contributed by atoms with Crippen LogP contribution >= 0.6 is 0 Å². The normalized spacial score (nSPS) is 22.5. The zero-order valence-corrected chi connectivity index (χ0v) is 41.0. The van der Waals surface area contributed by atoms with Gasteiger partial charge in [0.1, 0.15) is 0 Å². The van der Waals surface area contributed by atoms with Gasteiger partial charge in [-0.3, -0.25) is 0 Å². The fraction of sp³-hybridized carbons (Fsp3) is 1.00. The average Bonchev–Trinajstić information content (AvgIpc) is 2.98. The van der Waals surface area contributed by atoms with Gasteiger partial charge in [0.2, 0.25) is 0 Å². The molecule has 0 aliphatic carbocycles. The lowest BCUT2D eigenvalue weighted by Crippen LogP contribution is -2.49. The van der Waals surface area contributed by atoms with Crippen molar-refractivity contribution in [2.24, 2.45) is 35.5 Å². The smallest absolute Gasteiger partial charge is 0.00388 e. The lowest BCUT2D eigenvalue weighted by Gasteiger charge is -2.42. The summed E-state index contributed by atoms with van der Waals surface area (Å²) in [5, 5.41) is 0. The Morgan fingerprint density at radius 3 is 0.618 bits per heavy atom. The molecule has 0 unspecified atom stereocenters. The molecule has 330 valence electrons. The van der Waals surface area contributed by atoms with Gasteiger partial charge < -0.3 is 29.4 Å². The van der Waals surface area contributed by atoms with Crippen LogP contribution in [0.5, 0.6) is 0 Å². The maximum absolute atomic E-state index is 2.54. The molecule has 0 N–H and O–H groups in total. The van der Waals surface area contributed by atoms with Crippen LogP contribution in [0.3, 0.4) is 0 Å². The van der Waals surface area contributed by atoms with Crippen LogP contribution in [0.2, 0.25) is 0 Å². The van der Waals surface area contributed by atoms with Crippen LogP contribution in [0.25, 0.3) is 0 Å². The molecule has 0 aromatic rings. The molecule has 6 heteroatoms. The molecule has 0 spiro atoms. The number of rotatable bonds is 13. The van der Waals surface area contributed by atoms with Gasteiger partial charge in [-0.2, -0.15) is 0 Å². The highest BCUT2D eigenvalue weighted by molar-refractivity contribution is 4.84. The molecule has 6 heterocycles. The number of nitrogens with zero attached hydrogens (tertiary/aromatic N) is 6. The van der Waals surface area contributed by atoms with Crippen molar-refractivity contribution < 1.29 is 0 Å². The standard InChI is InChI=1S/2C9H19N.3C8H17N.C7H15N/c2*1-4-5-9-6-10(7-9)8(2)3;3*1-4-8-5-9(6-8)7(2)3;1-6(2)8-4-7(3)5-8/h2*8-9H,4-7H2,1-3H3;3*7-8H,4-6H2,1-3H3;6-7H,4-5H2,1-3H3. The summed E-state index contributed by atoms with van der Waals surface area (Å²) in [7, 11) is 0. The molecule has 6 nitrogen and oxygen atoms in total. The fourth-order valence-corrected chi connectivity index (χ4v) is 8.28. The van der Waals surface area contributed by atoms with E-state index in [4.69, 9.17) is 0 Å². The van der Waals surface area contributed by atoms with Crippen LogP contribution in [-0.2, 0) is 0 Å². The Bertz CT molecular complexity index is 800. The number of hydrogen-bond acceptors (Lipinski definition) is 6. The van der Waals surface area contributed by atoms with Gasteiger partial charge in [0.05, 0.1) is 0 Å². The molecule has 55 heavy (non-hydrogen) atoms. The van der Waals surface area contributed by atoms with E-state index < -0.39 is 0 Å². The summed E-state index contributed by atoms with van der Waals surface area (Å²) < 4.78 is 0. The Labute approximate surface area is 348 Å². The van der Waals surface area contributed by atoms with Crippen molar-refractivity contribution in [3.05, 3.63) is 0 Å². The van der Waals surface area contributed by atoms with E-state index in [1.165, 1.54) is 123 Å². The second-order valence-electron chi connectivity index (χ2n) is 20.5. The van der Waals surface area contributed by atoms with E-state index in [9.17, 15) is 0 Å². The van der Waals surface area contributed by atoms with Crippen LogP contribution in [0.15, 0.2) is 0 Å². The van der Waals surface area contributed by atoms with E-state index in [1.807, 2.05) is 0 Å². The quantitative estimate of drug-likeness (QED) is 0.184. The highest BCUT2D eigenvalue weighted by Gasteiger charge is 2.29. The summed E-state index contributed by atoms with van der Waals surface area (Å²) in [4.78, 5) is 15.1. The molecule has 6 saturated heterocycles. The van der Waals surface area contributed by atoms with Crippen molar-refractivity contribution in [3.8, 4) is 0 Å². The molecular formula is C49H104N6. The van der Waals surface area contributed by atoms with Crippen LogP contribution in [0.4, 0.5) is 0 Å². The monoisotopic (exact) mass is 777 g/mol. The first-order chi connectivity index (χ1) is 25.9. The van der Waals surface area contributed by atoms with Crippen LogP contribution < -0.4 is 0 Å². The second-order valence-corrected chi connectivity index (χ2v) is 20.5. The van der Waals surface area contributed by atoms with Gasteiger partial charge in [0.15, 0.2) is 0 Å². The van der Waals surface area contributed by atoms with Crippen molar-refractivity contribution in [1.82, 2.24) is 29.4 Å². The molecule has 0 bridgehead atoms. The number of hydrogen-bond donors (Lipinski definition) is 0. The van der Waals surface area contributed by atoms with E-state index in [1.54, 1.807) is 0 Å². The van der Waals surface area contributed by atoms with E-state index in [0.29, 0.717) is 0 Å². The van der Waals surface area contributed by atoms with Crippen molar-refractivity contribution in [2.75, 3.05) is 78.5 Å². The summed E-state index contributed by atoms with van der Waals surface area (Å²) in [6.45, 7) is 57.0. The molecule has 0 aromatic carbocycles. The first-order valence-corrected chi connectivity index (χ1v) is 24.3. The van der Waals surface area contributed by atoms with Crippen molar-refractivity contribution in [1.29, 1.82) is 0 Å². The highest BCUT2D eigenvalue weighted by Crippen LogP contribution is 2.24. The molecule has 0 saturated carbocycles. The minimum atomic E-state index is 0.770. The minimum absolute atomic E-state index is 0.770. The zero-order valence-electron chi connectivity index (χ0n) is 41.0. The largest absolute Gasteiger partial charge is 0.300 e. The second kappa shape index (κ2) is 28.3. The summed E-state index contributed by atoms with van der Waals surface area (Å²) in [5.41, 5.74) is 0. The van der Waals surface area contributed by atoms with Gasteiger partial charge in [-0.15, -0.1) is 0 Å². The highest BCUT2D eigenvalue weighted by atomic mass is 15.2. The maximum atomic E-state index is 2.54. The SMILES string of the molecule is CC1CN(C(C)C)C1.CCC1CN(C(C)C)C1.CCC1CN(C(C)C)C1.CCC1CN(C(C)C)C1.CCCC1CN(C(C)C)C1.CCCC1CN(C(C)C)C1. The lowest BCUT2D eigenvalue weighted by atomic mass is 9.94. The third-order valence-electron chi connectivity index (χ3n) is 13.5. The molecule has 6 fully saturated rings. The van der Waals surface area contributed by atoms with E-state index >= 15 is 0 Å². The molecule has 6 aliphatic rings. The Balaban J connectivity index is 0.000000330. The molecule has 6 rings (SSSR count). The average molecular weight is 777 g/mol. The first-order valence-electron chi connectivity index (χ1n) is 24.3. The van der Waals surface area contributed by atoms with Gasteiger partial charge in [-0.25, -0.2) is 0 Å². The maximum Gasteiger partial charge on any atom is 0.00388 e. The molecule has 0 atom stereocenters. The lowest BCUT2D eigenvalue weighted by molar-refractivity contribution is 0.0624. The third kappa shape index (κ3) is 20.5. The van der Waals surface area contributed by atoms with Crippen LogP contribution in [0, 0.1) is 35.5 Å². The minimum Gasteiger partial charge on any atom is -0.300 e. The Kier molecular flexibility index (Phi) is 27.1. The molecule has 0 amide bonds. The predicted molar refractivity (Wildman–Crippen MR) is 248 cm³/mol. The van der Waals surface area contributed by atoms with Gasteiger partial charge in [0.25, 0.3) is 0 Å². The van der Waals surface area contributed by atoms with Gasteiger partial charge >= 0.3 is 0 Å². The molecule has 0 aromatic heterocycles. The Hall–Kier alpha value is -0.240. The van der Waals surface area contributed by atoms with E-state index in [2.05, 4.69) is 154 Å². The van der Waals surface area contributed by atoms with Gasteiger partial charge in [0, 0.05) is 115 Å². The number of likely N-dealkylation sites (tertiary alicyclic amines) is 6. The molecular weight excluding hydrogens is 673 g/mol. The first kappa shape index (κ1) is 52.8. The van der Waals surface area contributed by atoms with Crippen LogP contribution in [-0.4, -0.2) is 144 Å². The Morgan fingerprint density at radius 1 is 0.309 bits per heavy atom. The summed E-state index contributed by atoms with van der Waals surface area (Å²) >= 11 is 0. The van der Waals surface area contributed by atoms with Crippen molar-refractivity contribution in [2.45, 2.75) is 206 Å². The molecule has 6 aliphatic heterocycles. The van der Waals surface area contributed by atoms with Gasteiger partial charge in [-0.1, -0.05) is 73.6 Å². The van der Waals surface area contributed by atoms with Gasteiger partial charge in [-0.05, 0) is 131 Å². The predicted octanol–water partition coefficient (Wildman–Crippen LogP) is 10.8. The fourth-order valence-electron chi connectivity index (χ4n) is 8.28. The summed E-state index contributed by atoms with van der Waals surface area (Å²) in [6, 6.07) is 4.63. The van der Waals surface area contributed by atoms with E-state index in [0.717, 1.165) is 71.8 Å². The summed E-state index contributed by atoms with van der Waals surface area (Å²) in [5.74, 6) is 6.02. The third-order valence-corrected chi connectivity index (χ3v) is 13.5. The zero-order chi connectivity index (χ0) is 41.8. The van der Waals surface area contributed by atoms with Crippen molar-refractivity contribution >= 4 is 0 Å². The summed E-state index contributed by atoms with van der Waals surface area (Å²) in [6.07, 6.45) is 9.68. The van der Waals surface area contributed by atoms with E-state index in [-0.39, 0.29) is 0 Å². The molecule has 0 radical (unpaired) electrons.